The molecule has 1 atom stereocenters. The molecule has 5 rings (SSSR count). The fraction of sp³-hybridized carbons (Fsp3) is 0.567. The van der Waals surface area contributed by atoms with Gasteiger partial charge in [0.15, 0.2) is 0 Å². The maximum atomic E-state index is 15.8. The van der Waals surface area contributed by atoms with Crippen molar-refractivity contribution in [2.45, 2.75) is 69.9 Å². The highest BCUT2D eigenvalue weighted by molar-refractivity contribution is 7.91. The summed E-state index contributed by atoms with van der Waals surface area (Å²) in [5.74, 6) is -5.32. The van der Waals surface area contributed by atoms with Crippen LogP contribution in [0.1, 0.15) is 74.1 Å². The lowest BCUT2D eigenvalue weighted by atomic mass is 9.86. The molecule has 45 heavy (non-hydrogen) atoms. The largest absolute Gasteiger partial charge is 0.363 e. The van der Waals surface area contributed by atoms with Crippen LogP contribution in [-0.4, -0.2) is 54.1 Å². The molecule has 0 aliphatic carbocycles. The Kier molecular flexibility index (Phi) is 10.00. The minimum Gasteiger partial charge on any atom is -0.363 e. The molecule has 15 heteroatoms. The summed E-state index contributed by atoms with van der Waals surface area (Å²) in [6, 6.07) is 4.93. The summed E-state index contributed by atoms with van der Waals surface area (Å²) in [5, 5.41) is 10.2. The Morgan fingerprint density at radius 1 is 1.18 bits per heavy atom. The molecule has 0 spiro atoms. The van der Waals surface area contributed by atoms with Gasteiger partial charge in [0.05, 0.1) is 28.5 Å². The summed E-state index contributed by atoms with van der Waals surface area (Å²) in [6.45, 7) is 3.10. The maximum Gasteiger partial charge on any atom is 0.278 e. The zero-order chi connectivity index (χ0) is 32.2. The number of hydrogen-bond donors (Lipinski definition) is 2. The number of benzene rings is 1. The van der Waals surface area contributed by atoms with E-state index in [1.54, 1.807) is 13.0 Å². The number of rotatable bonds is 11. The molecule has 0 bridgehead atoms. The SMILES string of the molecule is C[C@@H](Nc1ncnc2c1cc(C1CCS(=O)(=O)CC1)c(=O)n2CCCCN=[N+]=[N-])c1cccc(C(F)(F)C2CCNCC2)c1F. The third-order valence-electron chi connectivity index (χ3n) is 8.92. The smallest absolute Gasteiger partial charge is 0.278 e. The lowest BCUT2D eigenvalue weighted by molar-refractivity contribution is -0.0781. The van der Waals surface area contributed by atoms with Gasteiger partial charge in [-0.25, -0.2) is 31.6 Å². The van der Waals surface area contributed by atoms with Crippen molar-refractivity contribution >= 4 is 26.7 Å². The van der Waals surface area contributed by atoms with Gasteiger partial charge in [0.1, 0.15) is 33.4 Å². The Morgan fingerprint density at radius 2 is 1.91 bits per heavy atom. The average molecular weight is 647 g/mol. The number of sulfone groups is 1. The molecule has 4 heterocycles. The molecule has 2 aromatic heterocycles. The van der Waals surface area contributed by atoms with Crippen molar-refractivity contribution < 1.29 is 21.6 Å². The molecule has 0 unspecified atom stereocenters. The number of unbranched alkanes of at least 4 members (excludes halogenated alkanes) is 1. The highest BCUT2D eigenvalue weighted by atomic mass is 32.2. The first-order valence-electron chi connectivity index (χ1n) is 15.3. The predicted molar refractivity (Wildman–Crippen MR) is 166 cm³/mol. The lowest BCUT2D eigenvalue weighted by Crippen LogP contribution is -2.37. The monoisotopic (exact) mass is 646 g/mol. The Balaban J connectivity index is 1.51. The minimum atomic E-state index is -3.33. The molecule has 3 aromatic rings. The molecule has 242 valence electrons. The molecule has 2 N–H and O–H groups in total. The summed E-state index contributed by atoms with van der Waals surface area (Å²) in [7, 11) is -3.17. The Labute approximate surface area is 259 Å². The number of aryl methyl sites for hydroxylation is 1. The number of hydrogen-bond acceptors (Lipinski definition) is 8. The number of pyridine rings is 1. The van der Waals surface area contributed by atoms with Crippen LogP contribution < -0.4 is 16.2 Å². The number of alkyl halides is 2. The number of piperidine rings is 1. The van der Waals surface area contributed by atoms with Gasteiger partial charge in [0.25, 0.3) is 11.5 Å². The van der Waals surface area contributed by atoms with Gasteiger partial charge in [-0.05, 0) is 76.1 Å². The van der Waals surface area contributed by atoms with E-state index < -0.39 is 39.1 Å². The first kappa shape index (κ1) is 32.7. The van der Waals surface area contributed by atoms with Crippen LogP contribution >= 0.6 is 0 Å². The number of nitrogens with zero attached hydrogens (tertiary/aromatic N) is 6. The van der Waals surface area contributed by atoms with E-state index in [1.807, 2.05) is 0 Å². The van der Waals surface area contributed by atoms with Crippen molar-refractivity contribution in [3.8, 4) is 0 Å². The van der Waals surface area contributed by atoms with Crippen LogP contribution in [0.4, 0.5) is 19.0 Å². The third kappa shape index (κ3) is 7.10. The van der Waals surface area contributed by atoms with Gasteiger partial charge in [-0.3, -0.25) is 9.36 Å². The quantitative estimate of drug-likeness (QED) is 0.119. The summed E-state index contributed by atoms with van der Waals surface area (Å²) in [4.78, 5) is 25.3. The van der Waals surface area contributed by atoms with Gasteiger partial charge in [-0.15, -0.1) is 0 Å². The average Bonchev–Trinajstić information content (AvgIpc) is 3.02. The van der Waals surface area contributed by atoms with E-state index in [0.717, 1.165) is 6.07 Å². The van der Waals surface area contributed by atoms with Gasteiger partial charge in [-0.2, -0.15) is 0 Å². The fourth-order valence-electron chi connectivity index (χ4n) is 6.35. The zero-order valence-electron chi connectivity index (χ0n) is 25.1. The molecule has 11 nitrogen and oxygen atoms in total. The van der Waals surface area contributed by atoms with Crippen molar-refractivity contribution in [3.05, 3.63) is 73.9 Å². The minimum absolute atomic E-state index is 0.0215. The maximum absolute atomic E-state index is 15.8. The van der Waals surface area contributed by atoms with E-state index in [-0.39, 0.29) is 60.3 Å². The predicted octanol–water partition coefficient (Wildman–Crippen LogP) is 5.58. The molecule has 2 fully saturated rings. The van der Waals surface area contributed by atoms with Gasteiger partial charge < -0.3 is 10.6 Å². The van der Waals surface area contributed by atoms with Crippen LogP contribution in [0.5, 0.6) is 0 Å². The lowest BCUT2D eigenvalue weighted by Gasteiger charge is -2.31. The summed E-state index contributed by atoms with van der Waals surface area (Å²) < 4.78 is 72.5. The number of azide groups is 1. The van der Waals surface area contributed by atoms with E-state index in [2.05, 4.69) is 30.6 Å². The van der Waals surface area contributed by atoms with Crippen molar-refractivity contribution in [1.29, 1.82) is 0 Å². The van der Waals surface area contributed by atoms with E-state index in [1.165, 1.54) is 23.0 Å². The highest BCUT2D eigenvalue weighted by Crippen LogP contribution is 2.43. The van der Waals surface area contributed by atoms with E-state index >= 15 is 13.2 Å². The fourth-order valence-corrected chi connectivity index (χ4v) is 7.84. The normalized spacial score (nSPS) is 18.4. The van der Waals surface area contributed by atoms with Crippen molar-refractivity contribution in [2.24, 2.45) is 11.0 Å². The van der Waals surface area contributed by atoms with Gasteiger partial charge in [0, 0.05) is 35.0 Å². The molecule has 2 aliphatic heterocycles. The van der Waals surface area contributed by atoms with Crippen LogP contribution in [0.15, 0.2) is 40.5 Å². The molecule has 2 aliphatic rings. The second-order valence-corrected chi connectivity index (χ2v) is 14.1. The topological polar surface area (TPSA) is 155 Å². The zero-order valence-corrected chi connectivity index (χ0v) is 25.9. The van der Waals surface area contributed by atoms with Crippen molar-refractivity contribution in [1.82, 2.24) is 19.9 Å². The Bertz CT molecular complexity index is 1740. The summed E-state index contributed by atoms with van der Waals surface area (Å²) in [5.41, 5.74) is 8.48. The van der Waals surface area contributed by atoms with Crippen LogP contribution in [0, 0.1) is 11.7 Å². The van der Waals surface area contributed by atoms with Crippen molar-refractivity contribution in [3.63, 3.8) is 0 Å². The number of nitrogens with one attached hydrogen (secondary N) is 2. The highest BCUT2D eigenvalue weighted by Gasteiger charge is 2.44. The second kappa shape index (κ2) is 13.8. The molecular weight excluding hydrogens is 609 g/mol. The number of fused-ring (bicyclic) bond motifs is 1. The molecule has 1 aromatic carbocycles. The first-order valence-corrected chi connectivity index (χ1v) is 17.1. The third-order valence-corrected chi connectivity index (χ3v) is 10.6. The Hall–Kier alpha value is -3.68. The van der Waals surface area contributed by atoms with Crippen molar-refractivity contribution in [2.75, 3.05) is 36.5 Å². The van der Waals surface area contributed by atoms with Gasteiger partial charge in [0.2, 0.25) is 0 Å². The molecular formula is C30H37F3N8O3S. The Morgan fingerprint density at radius 3 is 2.62 bits per heavy atom. The van der Waals surface area contributed by atoms with E-state index in [9.17, 15) is 13.2 Å². The van der Waals surface area contributed by atoms with Crippen LogP contribution in [0.2, 0.25) is 0 Å². The van der Waals surface area contributed by atoms with Crippen LogP contribution in [-0.2, 0) is 22.3 Å². The first-order chi connectivity index (χ1) is 21.5. The standard InChI is InChI=1S/C30H37F3N8O3S/c1-19(22-5-4-6-25(26(22)31)30(32,33)21-7-12-35-13-8-21)39-27-24-17-23(20-9-15-45(43,44)16-10-20)29(42)41(28(24)37-18-36-27)14-3-2-11-38-40-34/h4-6,17-21,35H,2-3,7-16H2,1H3,(H,36,37,39)/t19-/m1/s1. The van der Waals surface area contributed by atoms with Crippen LogP contribution in [0.3, 0.4) is 0 Å². The van der Waals surface area contributed by atoms with Crippen LogP contribution in [0.25, 0.3) is 21.5 Å². The van der Waals surface area contributed by atoms with E-state index in [4.69, 9.17) is 5.53 Å². The molecule has 0 saturated carbocycles. The molecule has 2 saturated heterocycles. The number of halogens is 3. The van der Waals surface area contributed by atoms with Gasteiger partial charge in [-0.1, -0.05) is 23.3 Å². The summed E-state index contributed by atoms with van der Waals surface area (Å²) >= 11 is 0. The molecule has 0 radical (unpaired) electrons. The second-order valence-electron chi connectivity index (χ2n) is 11.8. The molecule has 0 amide bonds. The number of aromatic nitrogens is 3. The number of anilines is 1. The van der Waals surface area contributed by atoms with E-state index in [0.29, 0.717) is 55.4 Å². The van der Waals surface area contributed by atoms with Gasteiger partial charge >= 0.3 is 0 Å². The summed E-state index contributed by atoms with van der Waals surface area (Å²) in [6.07, 6.45) is 3.43.